The summed E-state index contributed by atoms with van der Waals surface area (Å²) in [6.45, 7) is 6.65. The van der Waals surface area contributed by atoms with E-state index in [4.69, 9.17) is 5.73 Å². The van der Waals surface area contributed by atoms with Gasteiger partial charge in [0.1, 0.15) is 0 Å². The zero-order valence-corrected chi connectivity index (χ0v) is 8.16. The average molecular weight is 175 g/mol. The van der Waals surface area contributed by atoms with Crippen molar-refractivity contribution in [1.82, 2.24) is 0 Å². The first kappa shape index (κ1) is 10.0. The van der Waals surface area contributed by atoms with Crippen LogP contribution >= 0.6 is 0 Å². The molecule has 1 unspecified atom stereocenters. The summed E-state index contributed by atoms with van der Waals surface area (Å²) in [5.41, 5.74) is 8.22. The Balaban J connectivity index is 2.73. The van der Waals surface area contributed by atoms with E-state index in [9.17, 15) is 0 Å². The van der Waals surface area contributed by atoms with Crippen molar-refractivity contribution in [3.63, 3.8) is 0 Å². The second-order valence-electron chi connectivity index (χ2n) is 3.50. The van der Waals surface area contributed by atoms with E-state index >= 15 is 0 Å². The lowest BCUT2D eigenvalue weighted by atomic mass is 9.93. The van der Waals surface area contributed by atoms with Gasteiger partial charge in [-0.2, -0.15) is 0 Å². The number of nitrogens with two attached hydrogens (primary N) is 1. The fraction of sp³-hybridized carbons (Fsp3) is 0.333. The number of hydrogen-bond acceptors (Lipinski definition) is 1. The molecule has 1 atom stereocenters. The molecule has 0 bridgehead atoms. The first-order valence-corrected chi connectivity index (χ1v) is 4.63. The molecule has 0 saturated heterocycles. The maximum absolute atomic E-state index is 5.71. The highest BCUT2D eigenvalue weighted by Gasteiger charge is 2.08. The van der Waals surface area contributed by atoms with Crippen molar-refractivity contribution in [2.75, 3.05) is 6.54 Å². The first-order valence-electron chi connectivity index (χ1n) is 4.63. The summed E-state index contributed by atoms with van der Waals surface area (Å²) >= 11 is 0. The SMILES string of the molecule is C=C(C)CC(CN)c1ccccc1. The molecule has 70 valence electrons. The van der Waals surface area contributed by atoms with Gasteiger partial charge in [-0.15, -0.1) is 6.58 Å². The molecule has 0 radical (unpaired) electrons. The standard InChI is InChI=1S/C12H17N/c1-10(2)8-12(9-13)11-6-4-3-5-7-11/h3-7,12H,1,8-9,13H2,2H3. The lowest BCUT2D eigenvalue weighted by Gasteiger charge is -2.14. The highest BCUT2D eigenvalue weighted by molar-refractivity contribution is 5.21. The normalized spacial score (nSPS) is 12.5. The average Bonchev–Trinajstić information content (AvgIpc) is 2.15. The van der Waals surface area contributed by atoms with Crippen molar-refractivity contribution >= 4 is 0 Å². The summed E-state index contributed by atoms with van der Waals surface area (Å²) in [7, 11) is 0. The third-order valence-electron chi connectivity index (χ3n) is 2.15. The minimum Gasteiger partial charge on any atom is -0.330 e. The van der Waals surface area contributed by atoms with Crippen molar-refractivity contribution < 1.29 is 0 Å². The van der Waals surface area contributed by atoms with Gasteiger partial charge in [-0.3, -0.25) is 0 Å². The Hall–Kier alpha value is -1.08. The van der Waals surface area contributed by atoms with Crippen LogP contribution in [0.3, 0.4) is 0 Å². The van der Waals surface area contributed by atoms with Gasteiger partial charge in [-0.25, -0.2) is 0 Å². The van der Waals surface area contributed by atoms with E-state index in [0.717, 1.165) is 6.42 Å². The topological polar surface area (TPSA) is 26.0 Å². The molecule has 0 aliphatic rings. The number of allylic oxidation sites excluding steroid dienone is 1. The Kier molecular flexibility index (Phi) is 3.71. The smallest absolute Gasteiger partial charge is 0.000187 e. The van der Waals surface area contributed by atoms with Crippen molar-refractivity contribution in [2.24, 2.45) is 5.73 Å². The predicted molar refractivity (Wildman–Crippen MR) is 57.7 cm³/mol. The molecule has 0 spiro atoms. The Morgan fingerprint density at radius 1 is 1.38 bits per heavy atom. The maximum atomic E-state index is 5.71. The molecule has 0 amide bonds. The van der Waals surface area contributed by atoms with Crippen LogP contribution in [0.15, 0.2) is 42.5 Å². The zero-order chi connectivity index (χ0) is 9.68. The van der Waals surface area contributed by atoms with Crippen LogP contribution in [0.2, 0.25) is 0 Å². The van der Waals surface area contributed by atoms with Gasteiger partial charge in [0.15, 0.2) is 0 Å². The summed E-state index contributed by atoms with van der Waals surface area (Å²) < 4.78 is 0. The Morgan fingerprint density at radius 2 is 2.00 bits per heavy atom. The van der Waals surface area contributed by atoms with Gasteiger partial charge in [0, 0.05) is 0 Å². The number of hydrogen-bond donors (Lipinski definition) is 1. The zero-order valence-electron chi connectivity index (χ0n) is 8.16. The Morgan fingerprint density at radius 3 is 2.46 bits per heavy atom. The number of benzene rings is 1. The van der Waals surface area contributed by atoms with Crippen LogP contribution in [-0.4, -0.2) is 6.54 Å². The highest BCUT2D eigenvalue weighted by Crippen LogP contribution is 2.21. The van der Waals surface area contributed by atoms with Gasteiger partial charge in [-0.05, 0) is 31.4 Å². The van der Waals surface area contributed by atoms with Crippen molar-refractivity contribution in [1.29, 1.82) is 0 Å². The minimum absolute atomic E-state index is 0.429. The van der Waals surface area contributed by atoms with Crippen LogP contribution in [0, 0.1) is 0 Å². The van der Waals surface area contributed by atoms with E-state index in [1.165, 1.54) is 11.1 Å². The van der Waals surface area contributed by atoms with Crippen LogP contribution in [-0.2, 0) is 0 Å². The van der Waals surface area contributed by atoms with E-state index in [2.05, 4.69) is 30.8 Å². The van der Waals surface area contributed by atoms with Crippen LogP contribution in [0.4, 0.5) is 0 Å². The molecule has 1 heteroatoms. The molecule has 0 aliphatic carbocycles. The lowest BCUT2D eigenvalue weighted by molar-refractivity contribution is 0.690. The molecule has 0 saturated carbocycles. The van der Waals surface area contributed by atoms with Crippen LogP contribution in [0.25, 0.3) is 0 Å². The molecular weight excluding hydrogens is 158 g/mol. The summed E-state index contributed by atoms with van der Waals surface area (Å²) in [4.78, 5) is 0. The second-order valence-corrected chi connectivity index (χ2v) is 3.50. The molecule has 0 heterocycles. The monoisotopic (exact) mass is 175 g/mol. The highest BCUT2D eigenvalue weighted by atomic mass is 14.5. The van der Waals surface area contributed by atoms with Gasteiger partial charge in [0.2, 0.25) is 0 Å². The molecule has 13 heavy (non-hydrogen) atoms. The summed E-state index contributed by atoms with van der Waals surface area (Å²) in [6.07, 6.45) is 0.987. The molecule has 2 N–H and O–H groups in total. The minimum atomic E-state index is 0.429. The fourth-order valence-electron chi connectivity index (χ4n) is 1.48. The Bertz CT molecular complexity index is 264. The van der Waals surface area contributed by atoms with Gasteiger partial charge in [0.25, 0.3) is 0 Å². The summed E-state index contributed by atoms with van der Waals surface area (Å²) in [6, 6.07) is 10.4. The van der Waals surface area contributed by atoms with Crippen LogP contribution < -0.4 is 5.73 Å². The van der Waals surface area contributed by atoms with Gasteiger partial charge >= 0.3 is 0 Å². The van der Waals surface area contributed by atoms with Gasteiger partial charge in [-0.1, -0.05) is 35.9 Å². The lowest BCUT2D eigenvalue weighted by Crippen LogP contribution is -2.12. The largest absolute Gasteiger partial charge is 0.330 e. The molecule has 1 aromatic carbocycles. The van der Waals surface area contributed by atoms with Crippen LogP contribution in [0.1, 0.15) is 24.8 Å². The van der Waals surface area contributed by atoms with Crippen molar-refractivity contribution in [3.8, 4) is 0 Å². The predicted octanol–water partition coefficient (Wildman–Crippen LogP) is 2.70. The summed E-state index contributed by atoms with van der Waals surface area (Å²) in [5.74, 6) is 0.429. The van der Waals surface area contributed by atoms with E-state index < -0.39 is 0 Å². The third-order valence-corrected chi connectivity index (χ3v) is 2.15. The van der Waals surface area contributed by atoms with Gasteiger partial charge < -0.3 is 5.73 Å². The second kappa shape index (κ2) is 4.83. The number of rotatable bonds is 4. The van der Waals surface area contributed by atoms with Crippen molar-refractivity contribution in [2.45, 2.75) is 19.3 Å². The third kappa shape index (κ3) is 3.03. The van der Waals surface area contributed by atoms with E-state index in [1.807, 2.05) is 13.0 Å². The first-order chi connectivity index (χ1) is 6.24. The molecule has 1 rings (SSSR count). The molecule has 1 nitrogen and oxygen atoms in total. The molecule has 0 aromatic heterocycles. The quantitative estimate of drug-likeness (QED) is 0.699. The van der Waals surface area contributed by atoms with E-state index in [1.54, 1.807) is 0 Å². The maximum Gasteiger partial charge on any atom is -0.000187 e. The Labute approximate surface area is 80.3 Å². The van der Waals surface area contributed by atoms with E-state index in [-0.39, 0.29) is 0 Å². The van der Waals surface area contributed by atoms with Gasteiger partial charge in [0.05, 0.1) is 0 Å². The molecule has 0 fully saturated rings. The fourth-order valence-corrected chi connectivity index (χ4v) is 1.48. The van der Waals surface area contributed by atoms with Crippen LogP contribution in [0.5, 0.6) is 0 Å². The van der Waals surface area contributed by atoms with E-state index in [0.29, 0.717) is 12.5 Å². The van der Waals surface area contributed by atoms with Crippen molar-refractivity contribution in [3.05, 3.63) is 48.0 Å². The molecule has 0 aliphatic heterocycles. The molecule has 1 aromatic rings. The summed E-state index contributed by atoms with van der Waals surface area (Å²) in [5, 5.41) is 0. The molecular formula is C12H17N.